The van der Waals surface area contributed by atoms with Gasteiger partial charge in [-0.25, -0.2) is 0 Å². The topological polar surface area (TPSA) is 94.3 Å². The SMILES string of the molecule is O=C(NC1CCCC[C@H]1NC(=O)c1ccc2c(Cl)c[nH]c2c1)c1ccc(N2CCCC2=O)cc1. The number of aromatic nitrogens is 1. The smallest absolute Gasteiger partial charge is 0.251 e. The van der Waals surface area contributed by atoms with Gasteiger partial charge < -0.3 is 20.5 Å². The van der Waals surface area contributed by atoms with Crippen LogP contribution in [0.15, 0.2) is 48.7 Å². The molecule has 1 aliphatic carbocycles. The Morgan fingerprint density at radius 3 is 2.21 bits per heavy atom. The van der Waals surface area contributed by atoms with E-state index in [9.17, 15) is 14.4 Å². The van der Waals surface area contributed by atoms with Crippen LogP contribution >= 0.6 is 11.6 Å². The Kier molecular flexibility index (Phi) is 6.28. The molecule has 1 unspecified atom stereocenters. The molecule has 7 nitrogen and oxygen atoms in total. The maximum Gasteiger partial charge on any atom is 0.251 e. The average Bonchev–Trinajstić information content (AvgIpc) is 3.45. The number of rotatable bonds is 5. The van der Waals surface area contributed by atoms with Gasteiger partial charge in [-0.3, -0.25) is 14.4 Å². The fraction of sp³-hybridized carbons (Fsp3) is 0.346. The van der Waals surface area contributed by atoms with Gasteiger partial charge >= 0.3 is 0 Å². The summed E-state index contributed by atoms with van der Waals surface area (Å²) >= 11 is 6.14. The number of fused-ring (bicyclic) bond motifs is 1. The van der Waals surface area contributed by atoms with Gasteiger partial charge in [-0.05, 0) is 55.7 Å². The molecule has 8 heteroatoms. The summed E-state index contributed by atoms with van der Waals surface area (Å²) in [5.74, 6) is -0.220. The summed E-state index contributed by atoms with van der Waals surface area (Å²) in [6.07, 6.45) is 6.76. The molecule has 2 heterocycles. The summed E-state index contributed by atoms with van der Waals surface area (Å²) in [5.41, 5.74) is 2.72. The molecular formula is C26H27ClN4O3. The fourth-order valence-electron chi connectivity index (χ4n) is 4.93. The number of carbonyl (C=O) groups excluding carboxylic acids is 3. The van der Waals surface area contributed by atoms with E-state index in [-0.39, 0.29) is 29.8 Å². The lowest BCUT2D eigenvalue weighted by Crippen LogP contribution is -2.53. The highest BCUT2D eigenvalue weighted by Gasteiger charge is 2.29. The van der Waals surface area contributed by atoms with Crippen LogP contribution in [0.25, 0.3) is 10.9 Å². The van der Waals surface area contributed by atoms with Gasteiger partial charge in [-0.1, -0.05) is 30.5 Å². The highest BCUT2D eigenvalue weighted by molar-refractivity contribution is 6.35. The Balaban J connectivity index is 1.24. The highest BCUT2D eigenvalue weighted by atomic mass is 35.5. The van der Waals surface area contributed by atoms with Crippen molar-refractivity contribution in [3.63, 3.8) is 0 Å². The van der Waals surface area contributed by atoms with Crippen LogP contribution in [0.5, 0.6) is 0 Å². The molecule has 0 spiro atoms. The first-order valence-electron chi connectivity index (χ1n) is 11.8. The molecule has 1 aliphatic heterocycles. The Labute approximate surface area is 202 Å². The predicted octanol–water partition coefficient (Wildman–Crippen LogP) is 4.42. The molecular weight excluding hydrogens is 452 g/mol. The van der Waals surface area contributed by atoms with E-state index in [0.717, 1.165) is 55.2 Å². The molecule has 5 rings (SSSR count). The molecule has 34 heavy (non-hydrogen) atoms. The summed E-state index contributed by atoms with van der Waals surface area (Å²) in [7, 11) is 0. The minimum atomic E-state index is -0.173. The van der Waals surface area contributed by atoms with Crippen LogP contribution in [0.1, 0.15) is 59.2 Å². The molecule has 3 amide bonds. The van der Waals surface area contributed by atoms with Crippen molar-refractivity contribution >= 4 is 45.9 Å². The first-order chi connectivity index (χ1) is 16.5. The third-order valence-electron chi connectivity index (χ3n) is 6.81. The van der Waals surface area contributed by atoms with E-state index in [1.165, 1.54) is 0 Å². The van der Waals surface area contributed by atoms with Crippen LogP contribution in [0, 0.1) is 0 Å². The van der Waals surface area contributed by atoms with Gasteiger partial charge in [0.25, 0.3) is 11.8 Å². The molecule has 2 aliphatic rings. The number of H-pyrrole nitrogens is 1. The van der Waals surface area contributed by atoms with Gasteiger partial charge in [0.2, 0.25) is 5.91 Å². The predicted molar refractivity (Wildman–Crippen MR) is 132 cm³/mol. The number of aromatic amines is 1. The molecule has 1 saturated carbocycles. The molecule has 0 bridgehead atoms. The number of anilines is 1. The zero-order valence-corrected chi connectivity index (χ0v) is 19.5. The van der Waals surface area contributed by atoms with Crippen molar-refractivity contribution in [3.05, 3.63) is 64.8 Å². The summed E-state index contributed by atoms with van der Waals surface area (Å²) in [6.45, 7) is 0.720. The first kappa shape index (κ1) is 22.5. The number of hydrogen-bond acceptors (Lipinski definition) is 3. The van der Waals surface area contributed by atoms with E-state index < -0.39 is 0 Å². The summed E-state index contributed by atoms with van der Waals surface area (Å²) in [5, 5.41) is 7.73. The number of halogens is 1. The number of carbonyl (C=O) groups is 3. The fourth-order valence-corrected chi connectivity index (χ4v) is 5.15. The van der Waals surface area contributed by atoms with Crippen LogP contribution in [-0.2, 0) is 4.79 Å². The largest absolute Gasteiger partial charge is 0.360 e. The lowest BCUT2D eigenvalue weighted by atomic mass is 9.89. The minimum Gasteiger partial charge on any atom is -0.360 e. The van der Waals surface area contributed by atoms with Gasteiger partial charge in [0.15, 0.2) is 0 Å². The van der Waals surface area contributed by atoms with Crippen LogP contribution in [0.3, 0.4) is 0 Å². The monoisotopic (exact) mass is 478 g/mol. The van der Waals surface area contributed by atoms with Gasteiger partial charge in [-0.15, -0.1) is 0 Å². The van der Waals surface area contributed by atoms with Crippen molar-refractivity contribution in [2.45, 2.75) is 50.6 Å². The second-order valence-electron chi connectivity index (χ2n) is 9.04. The van der Waals surface area contributed by atoms with Gasteiger partial charge in [0.05, 0.1) is 5.02 Å². The maximum absolute atomic E-state index is 13.0. The summed E-state index contributed by atoms with van der Waals surface area (Å²) < 4.78 is 0. The lowest BCUT2D eigenvalue weighted by Gasteiger charge is -2.33. The van der Waals surface area contributed by atoms with Gasteiger partial charge in [0.1, 0.15) is 0 Å². The van der Waals surface area contributed by atoms with Crippen molar-refractivity contribution in [2.24, 2.45) is 0 Å². The number of benzene rings is 2. The van der Waals surface area contributed by atoms with Crippen LogP contribution in [-0.4, -0.2) is 41.3 Å². The second kappa shape index (κ2) is 9.50. The van der Waals surface area contributed by atoms with Crippen molar-refractivity contribution < 1.29 is 14.4 Å². The number of nitrogens with zero attached hydrogens (tertiary/aromatic N) is 1. The quantitative estimate of drug-likeness (QED) is 0.506. The van der Waals surface area contributed by atoms with E-state index in [4.69, 9.17) is 11.6 Å². The van der Waals surface area contributed by atoms with Crippen molar-refractivity contribution in [3.8, 4) is 0 Å². The molecule has 176 valence electrons. The van der Waals surface area contributed by atoms with E-state index >= 15 is 0 Å². The Hall–Kier alpha value is -3.32. The Morgan fingerprint density at radius 2 is 1.56 bits per heavy atom. The third-order valence-corrected chi connectivity index (χ3v) is 7.12. The molecule has 3 aromatic rings. The van der Waals surface area contributed by atoms with E-state index in [0.29, 0.717) is 22.6 Å². The molecule has 1 aromatic heterocycles. The Morgan fingerprint density at radius 1 is 0.912 bits per heavy atom. The average molecular weight is 479 g/mol. The van der Waals surface area contributed by atoms with Gasteiger partial charge in [0, 0.05) is 59.0 Å². The molecule has 0 radical (unpaired) electrons. The van der Waals surface area contributed by atoms with E-state index in [2.05, 4.69) is 15.6 Å². The van der Waals surface area contributed by atoms with E-state index in [1.807, 2.05) is 18.2 Å². The molecule has 2 aromatic carbocycles. The standard InChI is InChI=1S/C26H27ClN4O3/c27-20-15-28-23-14-17(9-12-19(20)23)26(34)30-22-5-2-1-4-21(22)29-25(33)16-7-10-18(11-8-16)31-13-3-6-24(31)32/h7-12,14-15,21-22,28H,1-6,13H2,(H,29,33)(H,30,34)/t21?,22-/m1/s1. The normalized spacial score (nSPS) is 20.5. The van der Waals surface area contributed by atoms with Crippen LogP contribution < -0.4 is 15.5 Å². The van der Waals surface area contributed by atoms with Crippen LogP contribution in [0.2, 0.25) is 5.02 Å². The first-order valence-corrected chi connectivity index (χ1v) is 12.2. The Bertz CT molecular complexity index is 1240. The van der Waals surface area contributed by atoms with Crippen LogP contribution in [0.4, 0.5) is 5.69 Å². The van der Waals surface area contributed by atoms with E-state index in [1.54, 1.807) is 35.4 Å². The number of amides is 3. The summed E-state index contributed by atoms with van der Waals surface area (Å²) in [6, 6.07) is 12.3. The summed E-state index contributed by atoms with van der Waals surface area (Å²) in [4.78, 5) is 42.7. The lowest BCUT2D eigenvalue weighted by molar-refractivity contribution is -0.117. The zero-order valence-electron chi connectivity index (χ0n) is 18.8. The maximum atomic E-state index is 13.0. The number of nitrogens with one attached hydrogen (secondary N) is 3. The second-order valence-corrected chi connectivity index (χ2v) is 9.44. The molecule has 2 atom stereocenters. The minimum absolute atomic E-state index is 0.122. The van der Waals surface area contributed by atoms with Crippen molar-refractivity contribution in [1.82, 2.24) is 15.6 Å². The zero-order chi connectivity index (χ0) is 23.7. The molecule has 3 N–H and O–H groups in total. The highest BCUT2D eigenvalue weighted by Crippen LogP contribution is 2.25. The van der Waals surface area contributed by atoms with Gasteiger partial charge in [-0.2, -0.15) is 0 Å². The van der Waals surface area contributed by atoms with Crippen molar-refractivity contribution in [2.75, 3.05) is 11.4 Å². The molecule has 1 saturated heterocycles. The van der Waals surface area contributed by atoms with Crippen molar-refractivity contribution in [1.29, 1.82) is 0 Å². The number of hydrogen-bond donors (Lipinski definition) is 3. The molecule has 2 fully saturated rings. The third kappa shape index (κ3) is 4.53.